The highest BCUT2D eigenvalue weighted by Gasteiger charge is 2.83. The number of fused-ring (bicyclic) bond motifs is 3. The number of carbonyl (C=O) groups is 3. The molecule has 4 aliphatic carbocycles. The molecule has 7 nitrogen and oxygen atoms in total. The summed E-state index contributed by atoms with van der Waals surface area (Å²) in [4.78, 5) is 36.4. The largest absolute Gasteiger partial charge is 0.469 e. The highest BCUT2D eigenvalue weighted by Crippen LogP contribution is 2.76. The van der Waals surface area contributed by atoms with Crippen LogP contribution in [0.2, 0.25) is 0 Å². The van der Waals surface area contributed by atoms with Gasteiger partial charge < -0.3 is 18.9 Å². The molecule has 0 bridgehead atoms. The molecular weight excluding hydrogens is 412 g/mol. The first kappa shape index (κ1) is 22.2. The van der Waals surface area contributed by atoms with E-state index in [1.165, 1.54) is 21.0 Å². The molecule has 0 unspecified atom stereocenters. The van der Waals surface area contributed by atoms with Gasteiger partial charge in [0.2, 0.25) is 0 Å². The van der Waals surface area contributed by atoms with Gasteiger partial charge in [0.1, 0.15) is 17.8 Å². The average Bonchev–Trinajstić information content (AvgIpc) is 3.38. The first-order chi connectivity index (χ1) is 15.1. The fraction of sp³-hybridized carbons (Fsp3) is 0.880. The molecule has 0 aromatic rings. The Bertz CT molecular complexity index is 840. The van der Waals surface area contributed by atoms with Gasteiger partial charge in [0.25, 0.3) is 0 Å². The van der Waals surface area contributed by atoms with Crippen molar-refractivity contribution in [3.8, 4) is 0 Å². The van der Waals surface area contributed by atoms with E-state index in [2.05, 4.69) is 13.8 Å². The third-order valence-electron chi connectivity index (χ3n) is 10.1. The van der Waals surface area contributed by atoms with Crippen molar-refractivity contribution in [3.05, 3.63) is 0 Å². The Balaban J connectivity index is 1.50. The molecule has 10 atom stereocenters. The van der Waals surface area contributed by atoms with Gasteiger partial charge in [-0.1, -0.05) is 13.8 Å². The van der Waals surface area contributed by atoms with Gasteiger partial charge in [0.15, 0.2) is 0 Å². The minimum Gasteiger partial charge on any atom is -0.469 e. The Morgan fingerprint density at radius 1 is 0.969 bits per heavy atom. The summed E-state index contributed by atoms with van der Waals surface area (Å²) in [6.45, 7) is 7.45. The van der Waals surface area contributed by atoms with Crippen molar-refractivity contribution >= 4 is 17.9 Å². The topological polar surface area (TPSA) is 91.4 Å². The molecule has 5 aliphatic rings. The smallest absolute Gasteiger partial charge is 0.309 e. The number of carbonyl (C=O) groups excluding carboxylic acids is 3. The van der Waals surface area contributed by atoms with Gasteiger partial charge in [-0.25, -0.2) is 0 Å². The summed E-state index contributed by atoms with van der Waals surface area (Å²) in [6.07, 6.45) is 5.78. The maximum absolute atomic E-state index is 12.7. The molecule has 0 radical (unpaired) electrons. The molecule has 0 aromatic carbocycles. The second kappa shape index (κ2) is 7.18. The first-order valence-corrected chi connectivity index (χ1v) is 12.2. The van der Waals surface area contributed by atoms with E-state index in [9.17, 15) is 14.4 Å². The van der Waals surface area contributed by atoms with E-state index in [0.717, 1.165) is 32.1 Å². The number of methoxy groups -OCH3 is 1. The van der Waals surface area contributed by atoms with E-state index in [-0.39, 0.29) is 65.0 Å². The van der Waals surface area contributed by atoms with E-state index in [4.69, 9.17) is 18.9 Å². The van der Waals surface area contributed by atoms with Crippen molar-refractivity contribution in [2.75, 3.05) is 7.11 Å². The normalized spacial score (nSPS) is 50.7. The molecule has 4 saturated carbocycles. The van der Waals surface area contributed by atoms with Crippen LogP contribution < -0.4 is 0 Å². The summed E-state index contributed by atoms with van der Waals surface area (Å²) in [6, 6.07) is 0. The standard InChI is InChI=1S/C25H36O7/c1-13(26)30-16-8-9-23(3)15(10-16)6-7-17-21(23)19(31-14(2)27)12-24(4)18(22(28)29-5)11-20-25(17,24)32-20/h15-21H,6-12H2,1-5H3/t15-,16-,17-,18+,19-,20+,21+,23+,24+,25+/m1/s1. The highest BCUT2D eigenvalue weighted by molar-refractivity contribution is 5.75. The number of rotatable bonds is 3. The van der Waals surface area contributed by atoms with Crippen molar-refractivity contribution in [3.63, 3.8) is 0 Å². The lowest BCUT2D eigenvalue weighted by molar-refractivity contribution is -0.211. The molecule has 1 heterocycles. The highest BCUT2D eigenvalue weighted by atomic mass is 16.6. The third-order valence-corrected chi connectivity index (χ3v) is 10.1. The fourth-order valence-electron chi connectivity index (χ4n) is 8.89. The van der Waals surface area contributed by atoms with Crippen LogP contribution in [0.4, 0.5) is 0 Å². The van der Waals surface area contributed by atoms with E-state index >= 15 is 0 Å². The molecule has 5 rings (SSSR count). The van der Waals surface area contributed by atoms with Gasteiger partial charge in [-0.3, -0.25) is 14.4 Å². The molecule has 0 aromatic heterocycles. The number of esters is 3. The fourth-order valence-corrected chi connectivity index (χ4v) is 8.89. The third kappa shape index (κ3) is 2.85. The van der Waals surface area contributed by atoms with Gasteiger partial charge in [-0.2, -0.15) is 0 Å². The van der Waals surface area contributed by atoms with Crippen LogP contribution in [0.25, 0.3) is 0 Å². The SMILES string of the molecule is COC(=O)[C@@H]1C[C@@H]2O[C@@]23[C@@H]2CC[C@@H]4C[C@H](OC(C)=O)CC[C@]4(C)[C@@H]2[C@H](OC(C)=O)C[C@@]13C. The van der Waals surface area contributed by atoms with Gasteiger partial charge in [0, 0.05) is 25.2 Å². The van der Waals surface area contributed by atoms with Crippen molar-refractivity contribution in [2.24, 2.45) is 34.5 Å². The number of ether oxygens (including phenoxy) is 4. The molecule has 178 valence electrons. The van der Waals surface area contributed by atoms with Crippen molar-refractivity contribution < 1.29 is 33.3 Å². The van der Waals surface area contributed by atoms with Crippen LogP contribution in [0.1, 0.15) is 72.6 Å². The van der Waals surface area contributed by atoms with Crippen LogP contribution >= 0.6 is 0 Å². The van der Waals surface area contributed by atoms with Crippen molar-refractivity contribution in [2.45, 2.75) is 96.6 Å². The maximum atomic E-state index is 12.7. The van der Waals surface area contributed by atoms with Gasteiger partial charge in [-0.05, 0) is 62.2 Å². The minimum atomic E-state index is -0.399. The Labute approximate surface area is 189 Å². The van der Waals surface area contributed by atoms with Crippen LogP contribution in [0, 0.1) is 34.5 Å². The van der Waals surface area contributed by atoms with Crippen LogP contribution in [-0.4, -0.2) is 48.9 Å². The number of hydrogen-bond acceptors (Lipinski definition) is 7. The van der Waals surface area contributed by atoms with Crippen LogP contribution in [-0.2, 0) is 33.3 Å². The minimum absolute atomic E-state index is 0.0182. The van der Waals surface area contributed by atoms with E-state index in [1.54, 1.807) is 0 Å². The van der Waals surface area contributed by atoms with Crippen LogP contribution in [0.3, 0.4) is 0 Å². The second-order valence-electron chi connectivity index (χ2n) is 11.4. The molecule has 1 aliphatic heterocycles. The predicted octanol–water partition coefficient (Wildman–Crippen LogP) is 3.42. The first-order valence-electron chi connectivity index (χ1n) is 12.2. The van der Waals surface area contributed by atoms with E-state index in [0.29, 0.717) is 18.8 Å². The lowest BCUT2D eigenvalue weighted by atomic mass is 9.43. The zero-order valence-electron chi connectivity index (χ0n) is 19.8. The Morgan fingerprint density at radius 2 is 1.69 bits per heavy atom. The van der Waals surface area contributed by atoms with E-state index < -0.39 is 5.41 Å². The maximum Gasteiger partial charge on any atom is 0.309 e. The van der Waals surface area contributed by atoms with Crippen molar-refractivity contribution in [1.82, 2.24) is 0 Å². The van der Waals surface area contributed by atoms with Crippen LogP contribution in [0.15, 0.2) is 0 Å². The lowest BCUT2D eigenvalue weighted by Crippen LogP contribution is -2.64. The monoisotopic (exact) mass is 448 g/mol. The zero-order chi connectivity index (χ0) is 23.1. The quantitative estimate of drug-likeness (QED) is 0.371. The van der Waals surface area contributed by atoms with Gasteiger partial charge in [0.05, 0.1) is 19.1 Å². The summed E-state index contributed by atoms with van der Waals surface area (Å²) < 4.78 is 23.3. The number of epoxide rings is 1. The predicted molar refractivity (Wildman–Crippen MR) is 113 cm³/mol. The second-order valence-corrected chi connectivity index (χ2v) is 11.4. The summed E-state index contributed by atoms with van der Waals surface area (Å²) >= 11 is 0. The average molecular weight is 449 g/mol. The Hall–Kier alpha value is -1.63. The zero-order valence-corrected chi connectivity index (χ0v) is 19.8. The molecule has 1 saturated heterocycles. The molecule has 0 amide bonds. The molecule has 32 heavy (non-hydrogen) atoms. The molecule has 5 fully saturated rings. The molecule has 0 N–H and O–H groups in total. The Morgan fingerprint density at radius 3 is 2.34 bits per heavy atom. The van der Waals surface area contributed by atoms with Gasteiger partial charge in [-0.15, -0.1) is 0 Å². The number of hydrogen-bond donors (Lipinski definition) is 0. The summed E-state index contributed by atoms with van der Waals surface area (Å²) in [5, 5.41) is 0. The summed E-state index contributed by atoms with van der Waals surface area (Å²) in [7, 11) is 1.45. The molecular formula is C25H36O7. The summed E-state index contributed by atoms with van der Waals surface area (Å²) in [5.74, 6) is -0.0507. The summed E-state index contributed by atoms with van der Waals surface area (Å²) in [5.41, 5.74) is -0.742. The van der Waals surface area contributed by atoms with Crippen molar-refractivity contribution in [1.29, 1.82) is 0 Å². The Kier molecular flexibility index (Phi) is 4.98. The molecule has 7 heteroatoms. The molecule has 1 spiro atoms. The van der Waals surface area contributed by atoms with E-state index in [1.807, 2.05) is 0 Å². The van der Waals surface area contributed by atoms with Crippen LogP contribution in [0.5, 0.6) is 0 Å². The lowest BCUT2D eigenvalue weighted by Gasteiger charge is -2.62. The van der Waals surface area contributed by atoms with Gasteiger partial charge >= 0.3 is 17.9 Å².